The van der Waals surface area contributed by atoms with E-state index in [1.54, 1.807) is 17.9 Å². The van der Waals surface area contributed by atoms with Crippen LogP contribution in [0.5, 0.6) is 0 Å². The molecule has 0 bridgehead atoms. The molecule has 5 heteroatoms. The van der Waals surface area contributed by atoms with E-state index in [1.807, 2.05) is 24.3 Å². The zero-order chi connectivity index (χ0) is 12.4. The van der Waals surface area contributed by atoms with Crippen LogP contribution in [0.15, 0.2) is 30.5 Å². The molecule has 0 aliphatic heterocycles. The number of hydrogen-bond acceptors (Lipinski definition) is 3. The molecule has 1 aromatic carbocycles. The SMILES string of the molecule is CC(=O)Nc1cccc(-c2cnn(C)c2N)c1. The average Bonchev–Trinajstić information content (AvgIpc) is 2.59. The van der Waals surface area contributed by atoms with Crippen molar-refractivity contribution >= 4 is 17.4 Å². The van der Waals surface area contributed by atoms with E-state index < -0.39 is 0 Å². The van der Waals surface area contributed by atoms with Gasteiger partial charge in [-0.05, 0) is 17.7 Å². The molecule has 3 N–H and O–H groups in total. The van der Waals surface area contributed by atoms with Crippen LogP contribution in [-0.2, 0) is 11.8 Å². The Morgan fingerprint density at radius 2 is 2.24 bits per heavy atom. The predicted octanol–water partition coefficient (Wildman–Crippen LogP) is 1.63. The standard InChI is InChI=1S/C12H14N4O/c1-8(17)15-10-5-3-4-9(6-10)11-7-14-16(2)12(11)13/h3-7H,13H2,1-2H3,(H,15,17). The minimum Gasteiger partial charge on any atom is -0.383 e. The Kier molecular flexibility index (Phi) is 2.82. The molecule has 0 unspecified atom stereocenters. The van der Waals surface area contributed by atoms with E-state index in [1.165, 1.54) is 6.92 Å². The molecule has 0 atom stereocenters. The van der Waals surface area contributed by atoms with E-state index >= 15 is 0 Å². The summed E-state index contributed by atoms with van der Waals surface area (Å²) < 4.78 is 1.61. The third kappa shape index (κ3) is 2.28. The normalized spacial score (nSPS) is 10.2. The van der Waals surface area contributed by atoms with E-state index in [2.05, 4.69) is 10.4 Å². The summed E-state index contributed by atoms with van der Waals surface area (Å²) >= 11 is 0. The highest BCUT2D eigenvalue weighted by Gasteiger charge is 2.07. The second kappa shape index (κ2) is 4.29. The number of nitrogen functional groups attached to an aromatic ring is 1. The number of carbonyl (C=O) groups excluding carboxylic acids is 1. The topological polar surface area (TPSA) is 72.9 Å². The molecule has 0 aliphatic rings. The number of nitrogens with zero attached hydrogens (tertiary/aromatic N) is 2. The molecule has 0 saturated heterocycles. The summed E-state index contributed by atoms with van der Waals surface area (Å²) in [6.45, 7) is 1.48. The molecular formula is C12H14N4O. The molecule has 5 nitrogen and oxygen atoms in total. The molecule has 2 aromatic rings. The Bertz CT molecular complexity index is 559. The highest BCUT2D eigenvalue weighted by Crippen LogP contribution is 2.27. The second-order valence-electron chi connectivity index (χ2n) is 3.83. The quantitative estimate of drug-likeness (QED) is 0.823. The zero-order valence-electron chi connectivity index (χ0n) is 9.77. The number of aryl methyl sites for hydroxylation is 1. The number of nitrogens with one attached hydrogen (secondary N) is 1. The Hall–Kier alpha value is -2.30. The summed E-state index contributed by atoms with van der Waals surface area (Å²) in [6.07, 6.45) is 1.71. The van der Waals surface area contributed by atoms with E-state index in [0.29, 0.717) is 5.82 Å². The minimum atomic E-state index is -0.0960. The number of amides is 1. The fourth-order valence-corrected chi connectivity index (χ4v) is 1.64. The number of carbonyl (C=O) groups is 1. The Morgan fingerprint density at radius 3 is 2.82 bits per heavy atom. The van der Waals surface area contributed by atoms with E-state index in [-0.39, 0.29) is 5.91 Å². The van der Waals surface area contributed by atoms with Gasteiger partial charge >= 0.3 is 0 Å². The number of nitrogens with two attached hydrogens (primary N) is 1. The molecule has 0 radical (unpaired) electrons. The van der Waals surface area contributed by atoms with Crippen LogP contribution in [0.1, 0.15) is 6.92 Å². The summed E-state index contributed by atoms with van der Waals surface area (Å²) in [5.74, 6) is 0.506. The maximum Gasteiger partial charge on any atom is 0.221 e. The van der Waals surface area contributed by atoms with Gasteiger partial charge in [0, 0.05) is 25.2 Å². The average molecular weight is 230 g/mol. The lowest BCUT2D eigenvalue weighted by Gasteiger charge is -2.05. The van der Waals surface area contributed by atoms with Crippen molar-refractivity contribution in [3.63, 3.8) is 0 Å². The van der Waals surface area contributed by atoms with Gasteiger partial charge in [0.05, 0.1) is 6.20 Å². The maximum atomic E-state index is 11.0. The van der Waals surface area contributed by atoms with Crippen molar-refractivity contribution in [2.24, 2.45) is 7.05 Å². The van der Waals surface area contributed by atoms with Gasteiger partial charge in [-0.15, -0.1) is 0 Å². The Balaban J connectivity index is 2.39. The van der Waals surface area contributed by atoms with Crippen molar-refractivity contribution in [1.82, 2.24) is 9.78 Å². The van der Waals surface area contributed by atoms with Crippen LogP contribution in [0, 0.1) is 0 Å². The summed E-state index contributed by atoms with van der Waals surface area (Å²) in [5.41, 5.74) is 8.44. The van der Waals surface area contributed by atoms with Gasteiger partial charge in [-0.2, -0.15) is 5.10 Å². The van der Waals surface area contributed by atoms with Crippen LogP contribution in [0.25, 0.3) is 11.1 Å². The molecule has 0 saturated carbocycles. The third-order valence-electron chi connectivity index (χ3n) is 2.48. The highest BCUT2D eigenvalue weighted by molar-refractivity contribution is 5.90. The first-order valence-electron chi connectivity index (χ1n) is 5.23. The summed E-state index contributed by atoms with van der Waals surface area (Å²) in [6, 6.07) is 7.50. The van der Waals surface area contributed by atoms with Gasteiger partial charge in [0.2, 0.25) is 5.91 Å². The smallest absolute Gasteiger partial charge is 0.221 e. The lowest BCUT2D eigenvalue weighted by Crippen LogP contribution is -2.05. The highest BCUT2D eigenvalue weighted by atomic mass is 16.1. The molecule has 17 heavy (non-hydrogen) atoms. The largest absolute Gasteiger partial charge is 0.383 e. The number of rotatable bonds is 2. The maximum absolute atomic E-state index is 11.0. The minimum absolute atomic E-state index is 0.0960. The monoisotopic (exact) mass is 230 g/mol. The fourth-order valence-electron chi connectivity index (χ4n) is 1.64. The number of aromatic nitrogens is 2. The van der Waals surface area contributed by atoms with Crippen LogP contribution in [0.4, 0.5) is 11.5 Å². The van der Waals surface area contributed by atoms with Crippen LogP contribution in [-0.4, -0.2) is 15.7 Å². The third-order valence-corrected chi connectivity index (χ3v) is 2.48. The molecule has 0 spiro atoms. The van der Waals surface area contributed by atoms with E-state index in [4.69, 9.17) is 5.73 Å². The van der Waals surface area contributed by atoms with Crippen LogP contribution < -0.4 is 11.1 Å². The van der Waals surface area contributed by atoms with Crippen molar-refractivity contribution in [2.75, 3.05) is 11.1 Å². The Morgan fingerprint density at radius 1 is 1.47 bits per heavy atom. The first-order valence-corrected chi connectivity index (χ1v) is 5.23. The lowest BCUT2D eigenvalue weighted by atomic mass is 10.1. The predicted molar refractivity (Wildman–Crippen MR) is 67.4 cm³/mol. The molecule has 88 valence electrons. The van der Waals surface area contributed by atoms with Crippen LogP contribution in [0.3, 0.4) is 0 Å². The van der Waals surface area contributed by atoms with E-state index in [9.17, 15) is 4.79 Å². The van der Waals surface area contributed by atoms with Crippen molar-refractivity contribution in [2.45, 2.75) is 6.92 Å². The van der Waals surface area contributed by atoms with Gasteiger partial charge in [-0.3, -0.25) is 9.48 Å². The van der Waals surface area contributed by atoms with Crippen LogP contribution >= 0.6 is 0 Å². The lowest BCUT2D eigenvalue weighted by molar-refractivity contribution is -0.114. The van der Waals surface area contributed by atoms with Gasteiger partial charge < -0.3 is 11.1 Å². The number of benzene rings is 1. The molecule has 1 aromatic heterocycles. The summed E-state index contributed by atoms with van der Waals surface area (Å²) in [5, 5.41) is 6.82. The van der Waals surface area contributed by atoms with Crippen molar-refractivity contribution in [3.8, 4) is 11.1 Å². The zero-order valence-corrected chi connectivity index (χ0v) is 9.77. The van der Waals surface area contributed by atoms with Gasteiger partial charge in [-0.25, -0.2) is 0 Å². The molecule has 1 amide bonds. The molecular weight excluding hydrogens is 216 g/mol. The van der Waals surface area contributed by atoms with E-state index in [0.717, 1.165) is 16.8 Å². The van der Waals surface area contributed by atoms with Crippen LogP contribution in [0.2, 0.25) is 0 Å². The molecule has 0 aliphatic carbocycles. The van der Waals surface area contributed by atoms with Gasteiger partial charge in [-0.1, -0.05) is 12.1 Å². The van der Waals surface area contributed by atoms with Gasteiger partial charge in [0.15, 0.2) is 0 Å². The summed E-state index contributed by atoms with van der Waals surface area (Å²) in [7, 11) is 1.79. The second-order valence-corrected chi connectivity index (χ2v) is 3.83. The first-order chi connectivity index (χ1) is 8.08. The fraction of sp³-hybridized carbons (Fsp3) is 0.167. The number of hydrogen-bond donors (Lipinski definition) is 2. The Labute approximate surface area is 99.2 Å². The molecule has 0 fully saturated rings. The van der Waals surface area contributed by atoms with Crippen molar-refractivity contribution in [3.05, 3.63) is 30.5 Å². The van der Waals surface area contributed by atoms with Crippen molar-refractivity contribution < 1.29 is 4.79 Å². The molecule has 2 rings (SSSR count). The van der Waals surface area contributed by atoms with Crippen molar-refractivity contribution in [1.29, 1.82) is 0 Å². The summed E-state index contributed by atoms with van der Waals surface area (Å²) in [4.78, 5) is 11.0. The van der Waals surface area contributed by atoms with Gasteiger partial charge in [0.1, 0.15) is 5.82 Å². The molecule has 1 heterocycles. The first kappa shape index (κ1) is 11.2. The van der Waals surface area contributed by atoms with Gasteiger partial charge in [0.25, 0.3) is 0 Å². The number of anilines is 2.